The lowest BCUT2D eigenvalue weighted by atomic mass is 9.98. The Kier molecular flexibility index (Phi) is 5.11. The maximum Gasteiger partial charge on any atom is 0.262 e. The highest BCUT2D eigenvalue weighted by molar-refractivity contribution is 7.14. The van der Waals surface area contributed by atoms with E-state index in [0.29, 0.717) is 0 Å². The van der Waals surface area contributed by atoms with Crippen LogP contribution < -0.4 is 5.32 Å². The normalized spacial score (nSPS) is 10.8. The van der Waals surface area contributed by atoms with E-state index in [4.69, 9.17) is 0 Å². The van der Waals surface area contributed by atoms with Crippen LogP contribution in [0.4, 0.5) is 0 Å². The van der Waals surface area contributed by atoms with Crippen molar-refractivity contribution in [1.82, 2.24) is 5.32 Å². The average molecular weight is 335 g/mol. The van der Waals surface area contributed by atoms with Crippen LogP contribution in [0.2, 0.25) is 0 Å². The Morgan fingerprint density at radius 3 is 2.00 bits per heavy atom. The van der Waals surface area contributed by atoms with E-state index < -0.39 is 0 Å². The Morgan fingerprint density at radius 1 is 1.00 bits per heavy atom. The number of rotatable bonds is 5. The smallest absolute Gasteiger partial charge is 0.262 e. The number of hydrogen-bond acceptors (Lipinski definition) is 2. The highest BCUT2D eigenvalue weighted by Crippen LogP contribution is 2.25. The molecule has 0 atom stereocenters. The molecule has 3 aromatic rings. The number of amides is 1. The van der Waals surface area contributed by atoms with Crippen molar-refractivity contribution in [1.29, 1.82) is 0 Å². The van der Waals surface area contributed by atoms with E-state index in [2.05, 4.69) is 43.4 Å². The van der Waals surface area contributed by atoms with Gasteiger partial charge in [0, 0.05) is 4.88 Å². The van der Waals surface area contributed by atoms with Gasteiger partial charge in [-0.15, -0.1) is 11.3 Å². The van der Waals surface area contributed by atoms with Crippen molar-refractivity contribution >= 4 is 17.2 Å². The molecule has 0 aliphatic heterocycles. The summed E-state index contributed by atoms with van der Waals surface area (Å²) >= 11 is 1.57. The molecule has 24 heavy (non-hydrogen) atoms. The van der Waals surface area contributed by atoms with E-state index in [0.717, 1.165) is 22.4 Å². The van der Waals surface area contributed by atoms with Crippen molar-refractivity contribution < 1.29 is 4.79 Å². The molecule has 0 aliphatic rings. The molecule has 0 saturated heterocycles. The molecule has 0 fully saturated rings. The highest BCUT2D eigenvalue weighted by atomic mass is 32.1. The van der Waals surface area contributed by atoms with Crippen molar-refractivity contribution in [2.75, 3.05) is 0 Å². The molecule has 0 aliphatic carbocycles. The van der Waals surface area contributed by atoms with E-state index in [-0.39, 0.29) is 11.9 Å². The maximum absolute atomic E-state index is 12.8. The van der Waals surface area contributed by atoms with Gasteiger partial charge in [-0.25, -0.2) is 0 Å². The number of thiophene rings is 1. The van der Waals surface area contributed by atoms with Gasteiger partial charge in [0.1, 0.15) is 0 Å². The van der Waals surface area contributed by atoms with Crippen molar-refractivity contribution in [3.63, 3.8) is 0 Å². The molecule has 0 saturated carbocycles. The molecule has 0 unspecified atom stereocenters. The monoisotopic (exact) mass is 335 g/mol. The van der Waals surface area contributed by atoms with Crippen molar-refractivity contribution in [3.05, 3.63) is 93.2 Å². The van der Waals surface area contributed by atoms with Crippen LogP contribution in [0.25, 0.3) is 0 Å². The van der Waals surface area contributed by atoms with Crippen LogP contribution in [0.5, 0.6) is 0 Å². The Hall–Kier alpha value is -2.39. The van der Waals surface area contributed by atoms with Gasteiger partial charge in [-0.05, 0) is 36.1 Å². The number of nitrogens with one attached hydrogen (secondary N) is 1. The zero-order valence-electron chi connectivity index (χ0n) is 14.0. The number of hydrogen-bond donors (Lipinski definition) is 1. The molecule has 1 amide bonds. The summed E-state index contributed by atoms with van der Waals surface area (Å²) in [7, 11) is 0. The molecule has 1 heterocycles. The molecule has 3 heteroatoms. The van der Waals surface area contributed by atoms with Crippen molar-refractivity contribution in [2.24, 2.45) is 0 Å². The highest BCUT2D eigenvalue weighted by Gasteiger charge is 2.19. The molecule has 122 valence electrons. The summed E-state index contributed by atoms with van der Waals surface area (Å²) in [6, 6.07) is 22.1. The fourth-order valence-corrected chi connectivity index (χ4v) is 3.85. The molecule has 2 nitrogen and oxygen atoms in total. The molecule has 3 rings (SSSR count). The maximum atomic E-state index is 12.8. The summed E-state index contributed by atoms with van der Waals surface area (Å²) in [4.78, 5) is 14.8. The van der Waals surface area contributed by atoms with E-state index in [1.165, 1.54) is 10.4 Å². The van der Waals surface area contributed by atoms with Gasteiger partial charge in [0.25, 0.3) is 5.91 Å². The lowest BCUT2D eigenvalue weighted by Crippen LogP contribution is -2.28. The Bertz CT molecular complexity index is 769. The summed E-state index contributed by atoms with van der Waals surface area (Å²) < 4.78 is 0. The van der Waals surface area contributed by atoms with E-state index in [9.17, 15) is 4.79 Å². The van der Waals surface area contributed by atoms with Gasteiger partial charge in [0.15, 0.2) is 0 Å². The quantitative estimate of drug-likeness (QED) is 0.687. The van der Waals surface area contributed by atoms with Gasteiger partial charge < -0.3 is 5.32 Å². The molecular weight excluding hydrogens is 314 g/mol. The molecule has 0 spiro atoms. The lowest BCUT2D eigenvalue weighted by Gasteiger charge is -2.19. The lowest BCUT2D eigenvalue weighted by molar-refractivity contribution is 0.0947. The Labute approximate surface area is 147 Å². The van der Waals surface area contributed by atoms with Crippen LogP contribution in [-0.4, -0.2) is 5.91 Å². The van der Waals surface area contributed by atoms with Crippen LogP contribution in [0.15, 0.2) is 66.7 Å². The fourth-order valence-electron chi connectivity index (χ4n) is 2.84. The Morgan fingerprint density at radius 2 is 1.54 bits per heavy atom. The first-order valence-corrected chi connectivity index (χ1v) is 9.00. The minimum atomic E-state index is -0.146. The largest absolute Gasteiger partial charge is 0.340 e. The van der Waals surface area contributed by atoms with Gasteiger partial charge in [0.2, 0.25) is 0 Å². The molecule has 0 bridgehead atoms. The topological polar surface area (TPSA) is 29.1 Å². The first kappa shape index (κ1) is 16.5. The summed E-state index contributed by atoms with van der Waals surface area (Å²) in [6.07, 6.45) is 0.955. The predicted octanol–water partition coefficient (Wildman–Crippen LogP) is 5.14. The van der Waals surface area contributed by atoms with Crippen LogP contribution in [0, 0.1) is 6.92 Å². The summed E-state index contributed by atoms with van der Waals surface area (Å²) in [5.41, 5.74) is 3.42. The van der Waals surface area contributed by atoms with Crippen molar-refractivity contribution in [2.45, 2.75) is 26.3 Å². The minimum absolute atomic E-state index is 0.0134. The van der Waals surface area contributed by atoms with E-state index in [1.807, 2.05) is 42.5 Å². The van der Waals surface area contributed by atoms with Gasteiger partial charge in [-0.1, -0.05) is 67.6 Å². The van der Waals surface area contributed by atoms with Crippen LogP contribution in [0.3, 0.4) is 0 Å². The Balaban J connectivity index is 1.90. The van der Waals surface area contributed by atoms with Gasteiger partial charge >= 0.3 is 0 Å². The van der Waals surface area contributed by atoms with Crippen molar-refractivity contribution in [3.8, 4) is 0 Å². The standard InChI is InChI=1S/C21H21NOS/c1-3-16-14-19(24-15(16)2)21(23)22-20(17-10-6-4-7-11-17)18-12-8-5-9-13-18/h4-14,20H,3H2,1-2H3,(H,22,23). The molecule has 2 aromatic carbocycles. The second-order valence-corrected chi connectivity index (χ2v) is 7.03. The third-order valence-corrected chi connectivity index (χ3v) is 5.26. The number of carbonyl (C=O) groups is 1. The molecule has 1 aromatic heterocycles. The van der Waals surface area contributed by atoms with Crippen LogP contribution in [0.1, 0.15) is 44.2 Å². The van der Waals surface area contributed by atoms with Crippen LogP contribution >= 0.6 is 11.3 Å². The summed E-state index contributed by atoms with van der Waals surface area (Å²) in [6.45, 7) is 4.19. The minimum Gasteiger partial charge on any atom is -0.340 e. The molecule has 0 radical (unpaired) electrons. The second kappa shape index (κ2) is 7.45. The van der Waals surface area contributed by atoms with Gasteiger partial charge in [-0.2, -0.15) is 0 Å². The number of aryl methyl sites for hydroxylation is 2. The average Bonchev–Trinajstić information content (AvgIpc) is 3.02. The number of carbonyl (C=O) groups excluding carboxylic acids is 1. The van der Waals surface area contributed by atoms with Gasteiger partial charge in [0.05, 0.1) is 10.9 Å². The summed E-state index contributed by atoms with van der Waals surface area (Å²) in [5.74, 6) is -0.0134. The SMILES string of the molecule is CCc1cc(C(=O)NC(c2ccccc2)c2ccccc2)sc1C. The van der Waals surface area contributed by atoms with E-state index in [1.54, 1.807) is 11.3 Å². The summed E-state index contributed by atoms with van der Waals surface area (Å²) in [5, 5.41) is 3.20. The molecular formula is C21H21NOS. The van der Waals surface area contributed by atoms with Crippen LogP contribution in [-0.2, 0) is 6.42 Å². The first-order valence-electron chi connectivity index (χ1n) is 8.19. The second-order valence-electron chi connectivity index (χ2n) is 5.77. The third-order valence-electron chi connectivity index (χ3n) is 4.17. The van der Waals surface area contributed by atoms with E-state index >= 15 is 0 Å². The molecule has 1 N–H and O–H groups in total. The van der Waals surface area contributed by atoms with Gasteiger partial charge in [-0.3, -0.25) is 4.79 Å². The third kappa shape index (κ3) is 3.57. The fraction of sp³-hybridized carbons (Fsp3) is 0.190. The zero-order chi connectivity index (χ0) is 16.9. The predicted molar refractivity (Wildman–Crippen MR) is 101 cm³/mol. The first-order chi connectivity index (χ1) is 11.7. The zero-order valence-corrected chi connectivity index (χ0v) is 14.8. The number of benzene rings is 2.